The van der Waals surface area contributed by atoms with Crippen molar-refractivity contribution in [3.63, 3.8) is 0 Å². The number of nitrogens with zero attached hydrogens (tertiary/aromatic N) is 2. The Hall–Kier alpha value is -2.96. The van der Waals surface area contributed by atoms with Crippen LogP contribution in [0.4, 0.5) is 17.1 Å². The van der Waals surface area contributed by atoms with Crippen LogP contribution in [-0.4, -0.2) is 9.85 Å². The van der Waals surface area contributed by atoms with E-state index in [0.29, 0.717) is 0 Å². The number of hydrogen-bond donors (Lipinski definition) is 1. The van der Waals surface area contributed by atoms with Crippen LogP contribution in [0.3, 0.4) is 0 Å². The van der Waals surface area contributed by atoms with Crippen LogP contribution in [0, 0.1) is 27.2 Å². The summed E-state index contributed by atoms with van der Waals surface area (Å²) in [5.74, 6) is 0. The van der Waals surface area contributed by atoms with Crippen molar-refractivity contribution in [3.05, 3.63) is 73.8 Å². The van der Waals surface area contributed by atoms with E-state index < -0.39 is 9.85 Å². The number of nitrogens with two attached hydrogens (primary N) is 1. The molecule has 7 nitrogen and oxygen atoms in total. The summed E-state index contributed by atoms with van der Waals surface area (Å²) in [4.78, 5) is 19.0. The van der Waals surface area contributed by atoms with E-state index in [1.54, 1.807) is 0 Å². The van der Waals surface area contributed by atoms with Crippen molar-refractivity contribution in [2.75, 3.05) is 5.73 Å². The van der Waals surface area contributed by atoms with Crippen molar-refractivity contribution < 1.29 is 9.85 Å². The molecule has 7 heteroatoms. The molecular formula is C15H17N3O4. The summed E-state index contributed by atoms with van der Waals surface area (Å²) < 4.78 is 0. The third kappa shape index (κ3) is 4.86. The Morgan fingerprint density at radius 3 is 1.95 bits per heavy atom. The summed E-state index contributed by atoms with van der Waals surface area (Å²) in [6.45, 7) is 4.15. The lowest BCUT2D eigenvalue weighted by atomic mass is 10.1. The molecule has 0 unspecified atom stereocenters. The molecule has 2 N–H and O–H groups in total. The van der Waals surface area contributed by atoms with Gasteiger partial charge in [0.15, 0.2) is 0 Å². The lowest BCUT2D eigenvalue weighted by Crippen LogP contribution is -1.91. The second kappa shape index (κ2) is 7.72. The quantitative estimate of drug-likeness (QED) is 0.528. The van der Waals surface area contributed by atoms with Crippen LogP contribution in [0.5, 0.6) is 0 Å². The van der Waals surface area contributed by atoms with Gasteiger partial charge in [-0.3, -0.25) is 20.2 Å². The Balaban J connectivity index is 0.000000224. The Morgan fingerprint density at radius 2 is 1.55 bits per heavy atom. The van der Waals surface area contributed by atoms with E-state index in [1.165, 1.54) is 23.8 Å². The minimum Gasteiger partial charge on any atom is -0.399 e. The zero-order valence-electron chi connectivity index (χ0n) is 12.4. The zero-order valence-corrected chi connectivity index (χ0v) is 12.4. The Labute approximate surface area is 127 Å². The first-order valence-electron chi connectivity index (χ1n) is 6.59. The molecule has 0 aliphatic rings. The molecule has 0 atom stereocenters. The van der Waals surface area contributed by atoms with Crippen LogP contribution >= 0.6 is 0 Å². The number of anilines is 1. The van der Waals surface area contributed by atoms with Crippen molar-refractivity contribution in [2.45, 2.75) is 20.3 Å². The second-order valence-corrected chi connectivity index (χ2v) is 4.58. The molecule has 0 radical (unpaired) electrons. The number of nitro benzene ring substituents is 2. The van der Waals surface area contributed by atoms with Crippen LogP contribution in [0.25, 0.3) is 0 Å². The summed E-state index contributed by atoms with van der Waals surface area (Å²) in [6.07, 6.45) is 1.06. The summed E-state index contributed by atoms with van der Waals surface area (Å²) in [7, 11) is 0. The maximum absolute atomic E-state index is 10.2. The monoisotopic (exact) mass is 303 g/mol. The lowest BCUT2D eigenvalue weighted by Gasteiger charge is -2.01. The van der Waals surface area contributed by atoms with Crippen molar-refractivity contribution in [1.29, 1.82) is 0 Å². The van der Waals surface area contributed by atoms with Crippen molar-refractivity contribution in [2.24, 2.45) is 0 Å². The molecule has 22 heavy (non-hydrogen) atoms. The second-order valence-electron chi connectivity index (χ2n) is 4.58. The molecule has 0 spiro atoms. The number of rotatable bonds is 3. The summed E-state index contributed by atoms with van der Waals surface area (Å²) >= 11 is 0. The highest BCUT2D eigenvalue weighted by atomic mass is 16.6. The van der Waals surface area contributed by atoms with Gasteiger partial charge in [-0.2, -0.15) is 0 Å². The first-order valence-corrected chi connectivity index (χ1v) is 6.59. The molecular weight excluding hydrogens is 286 g/mol. The van der Waals surface area contributed by atoms with Crippen molar-refractivity contribution in [3.8, 4) is 0 Å². The van der Waals surface area contributed by atoms with Crippen molar-refractivity contribution in [1.82, 2.24) is 0 Å². The van der Waals surface area contributed by atoms with Crippen LogP contribution in [0.1, 0.15) is 18.1 Å². The van der Waals surface area contributed by atoms with Crippen LogP contribution in [0.15, 0.2) is 42.5 Å². The van der Waals surface area contributed by atoms with Gasteiger partial charge in [0, 0.05) is 17.8 Å². The average Bonchev–Trinajstić information content (AvgIpc) is 2.50. The maximum atomic E-state index is 10.2. The SMILES string of the molecule is CCc1ccc(C)c(N)c1.O=[N+]([O-])c1cccc([N+](=O)[O-])c1. The third-order valence-corrected chi connectivity index (χ3v) is 3.00. The van der Waals surface area contributed by atoms with Crippen LogP contribution < -0.4 is 5.73 Å². The van der Waals surface area contributed by atoms with E-state index in [2.05, 4.69) is 19.1 Å². The van der Waals surface area contributed by atoms with E-state index in [9.17, 15) is 20.2 Å². The smallest absolute Gasteiger partial charge is 0.276 e. The highest BCUT2D eigenvalue weighted by Crippen LogP contribution is 2.18. The standard InChI is InChI=1S/C9H13N.C6H4N2O4/c1-3-8-5-4-7(2)9(10)6-8;9-7(10)5-2-1-3-6(4-5)8(11)12/h4-6H,3,10H2,1-2H3;1-4H. The summed E-state index contributed by atoms with van der Waals surface area (Å²) in [6, 6.07) is 10.8. The van der Waals surface area contributed by atoms with E-state index >= 15 is 0 Å². The number of hydrogen-bond acceptors (Lipinski definition) is 5. The van der Waals surface area contributed by atoms with E-state index in [0.717, 1.165) is 23.7 Å². The molecule has 2 rings (SSSR count). The fourth-order valence-electron chi connectivity index (χ4n) is 1.63. The predicted octanol–water partition coefficient (Wildman–Crippen LogP) is 3.64. The molecule has 0 bridgehead atoms. The molecule has 0 aliphatic heterocycles. The van der Waals surface area contributed by atoms with Gasteiger partial charge in [-0.25, -0.2) is 0 Å². The Bertz CT molecular complexity index is 657. The number of non-ortho nitro benzene ring substituents is 2. The zero-order chi connectivity index (χ0) is 16.7. The maximum Gasteiger partial charge on any atom is 0.276 e. The van der Waals surface area contributed by atoms with Gasteiger partial charge >= 0.3 is 0 Å². The molecule has 0 saturated heterocycles. The van der Waals surface area contributed by atoms with Crippen LogP contribution in [-0.2, 0) is 6.42 Å². The number of nitro groups is 2. The van der Waals surface area contributed by atoms with Crippen LogP contribution in [0.2, 0.25) is 0 Å². The molecule has 0 aliphatic carbocycles. The minimum atomic E-state index is -0.674. The van der Waals surface area contributed by atoms with Gasteiger partial charge in [0.1, 0.15) is 0 Å². The average molecular weight is 303 g/mol. The van der Waals surface area contributed by atoms with Gasteiger partial charge in [-0.1, -0.05) is 19.1 Å². The number of nitrogen functional groups attached to an aromatic ring is 1. The molecule has 0 heterocycles. The normalized spacial score (nSPS) is 9.55. The minimum absolute atomic E-state index is 0.274. The Morgan fingerprint density at radius 1 is 1.00 bits per heavy atom. The third-order valence-electron chi connectivity index (χ3n) is 3.00. The van der Waals surface area contributed by atoms with E-state index in [-0.39, 0.29) is 11.4 Å². The molecule has 0 amide bonds. The van der Waals surface area contributed by atoms with Gasteiger partial charge in [0.05, 0.1) is 15.9 Å². The first-order chi connectivity index (χ1) is 10.3. The van der Waals surface area contributed by atoms with E-state index in [4.69, 9.17) is 5.73 Å². The van der Waals surface area contributed by atoms with Gasteiger partial charge in [0.2, 0.25) is 0 Å². The van der Waals surface area contributed by atoms with Gasteiger partial charge in [-0.05, 0) is 36.6 Å². The van der Waals surface area contributed by atoms with E-state index in [1.807, 2.05) is 13.0 Å². The number of aryl methyl sites for hydroxylation is 2. The fraction of sp³-hybridized carbons (Fsp3) is 0.200. The molecule has 2 aromatic carbocycles. The summed E-state index contributed by atoms with van der Waals surface area (Å²) in [5.41, 5.74) is 8.52. The van der Waals surface area contributed by atoms with Gasteiger partial charge in [-0.15, -0.1) is 0 Å². The molecule has 2 aromatic rings. The van der Waals surface area contributed by atoms with Crippen molar-refractivity contribution >= 4 is 17.1 Å². The van der Waals surface area contributed by atoms with Gasteiger partial charge < -0.3 is 5.73 Å². The molecule has 0 aromatic heterocycles. The predicted molar refractivity (Wildman–Crippen MR) is 84.7 cm³/mol. The summed E-state index contributed by atoms with van der Waals surface area (Å²) in [5, 5.41) is 20.3. The lowest BCUT2D eigenvalue weighted by molar-refractivity contribution is -0.394. The first kappa shape index (κ1) is 17.1. The van der Waals surface area contributed by atoms with Gasteiger partial charge in [0.25, 0.3) is 11.4 Å². The fourth-order valence-corrected chi connectivity index (χ4v) is 1.63. The molecule has 0 saturated carbocycles. The topological polar surface area (TPSA) is 112 Å². The number of benzene rings is 2. The molecule has 0 fully saturated rings. The molecule has 116 valence electrons. The highest BCUT2D eigenvalue weighted by Gasteiger charge is 2.11. The largest absolute Gasteiger partial charge is 0.399 e. The highest BCUT2D eigenvalue weighted by molar-refractivity contribution is 5.48. The Kier molecular flexibility index (Phi) is 6.00.